The maximum absolute atomic E-state index is 13.2. The third kappa shape index (κ3) is 3.71. The number of nitrogens with zero attached hydrogens (tertiary/aromatic N) is 4. The van der Waals surface area contributed by atoms with Gasteiger partial charge < -0.3 is 10.0 Å². The van der Waals surface area contributed by atoms with E-state index in [0.717, 1.165) is 29.6 Å². The average molecular weight is 358 g/mol. The summed E-state index contributed by atoms with van der Waals surface area (Å²) in [5.74, 6) is -0.537. The van der Waals surface area contributed by atoms with E-state index in [1.54, 1.807) is 6.20 Å². The van der Waals surface area contributed by atoms with E-state index in [1.165, 1.54) is 0 Å². The fourth-order valence-electron chi connectivity index (χ4n) is 3.68. The summed E-state index contributed by atoms with van der Waals surface area (Å²) in [4.78, 5) is 30.4. The Kier molecular flexibility index (Phi) is 5.25. The predicted octanol–water partition coefficient (Wildman–Crippen LogP) is 3.04. The molecule has 1 unspecified atom stereocenters. The summed E-state index contributed by atoms with van der Waals surface area (Å²) in [6, 6.07) is 2.00. The molecule has 1 aliphatic heterocycles. The molecule has 140 valence electrons. The van der Waals surface area contributed by atoms with E-state index in [-0.39, 0.29) is 24.3 Å². The maximum Gasteiger partial charge on any atom is 0.303 e. The SMILES string of the molecule is Cc1cc(C(=O)N2CCCC(CCC(=O)O)C2)c2cnn(C(C)C)c2n1. The molecule has 1 saturated heterocycles. The first kappa shape index (κ1) is 18.4. The van der Waals surface area contributed by atoms with Crippen LogP contribution < -0.4 is 0 Å². The van der Waals surface area contributed by atoms with Gasteiger partial charge in [0, 0.05) is 31.2 Å². The van der Waals surface area contributed by atoms with Crippen LogP contribution in [-0.2, 0) is 4.79 Å². The quantitative estimate of drug-likeness (QED) is 0.887. The molecule has 0 radical (unpaired) electrons. The van der Waals surface area contributed by atoms with Crippen LogP contribution in [0.5, 0.6) is 0 Å². The Morgan fingerprint density at radius 3 is 2.85 bits per heavy atom. The molecule has 0 bridgehead atoms. The number of aliphatic carboxylic acids is 1. The van der Waals surface area contributed by atoms with Gasteiger partial charge in [-0.2, -0.15) is 5.10 Å². The fourth-order valence-corrected chi connectivity index (χ4v) is 3.68. The molecule has 26 heavy (non-hydrogen) atoms. The van der Waals surface area contributed by atoms with Crippen LogP contribution in [0.4, 0.5) is 0 Å². The molecule has 3 rings (SSSR count). The topological polar surface area (TPSA) is 88.3 Å². The van der Waals surface area contributed by atoms with Gasteiger partial charge in [-0.15, -0.1) is 0 Å². The smallest absolute Gasteiger partial charge is 0.303 e. The van der Waals surface area contributed by atoms with Gasteiger partial charge in [-0.25, -0.2) is 9.67 Å². The highest BCUT2D eigenvalue weighted by Gasteiger charge is 2.27. The van der Waals surface area contributed by atoms with E-state index in [9.17, 15) is 9.59 Å². The zero-order valence-electron chi connectivity index (χ0n) is 15.6. The Balaban J connectivity index is 1.86. The second-order valence-corrected chi connectivity index (χ2v) is 7.42. The number of aryl methyl sites for hydroxylation is 1. The van der Waals surface area contributed by atoms with Crippen molar-refractivity contribution in [1.29, 1.82) is 0 Å². The minimum Gasteiger partial charge on any atom is -0.481 e. The summed E-state index contributed by atoms with van der Waals surface area (Å²) >= 11 is 0. The van der Waals surface area contributed by atoms with Gasteiger partial charge in [-0.1, -0.05) is 0 Å². The third-order valence-electron chi connectivity index (χ3n) is 4.99. The number of amides is 1. The van der Waals surface area contributed by atoms with Crippen molar-refractivity contribution < 1.29 is 14.7 Å². The zero-order valence-corrected chi connectivity index (χ0v) is 15.6. The Morgan fingerprint density at radius 2 is 2.15 bits per heavy atom. The summed E-state index contributed by atoms with van der Waals surface area (Å²) in [5.41, 5.74) is 2.17. The Labute approximate surface area is 153 Å². The molecule has 2 aromatic heterocycles. The molecule has 1 amide bonds. The van der Waals surface area contributed by atoms with E-state index in [0.29, 0.717) is 25.1 Å². The molecule has 1 fully saturated rings. The first-order valence-corrected chi connectivity index (χ1v) is 9.22. The minimum absolute atomic E-state index is 0.0103. The molecular weight excluding hydrogens is 332 g/mol. The first-order valence-electron chi connectivity index (χ1n) is 9.22. The van der Waals surface area contributed by atoms with Gasteiger partial charge >= 0.3 is 5.97 Å². The molecule has 7 heteroatoms. The van der Waals surface area contributed by atoms with E-state index < -0.39 is 5.97 Å². The van der Waals surface area contributed by atoms with Crippen molar-refractivity contribution in [3.8, 4) is 0 Å². The van der Waals surface area contributed by atoms with Crippen LogP contribution in [0, 0.1) is 12.8 Å². The number of hydrogen-bond donors (Lipinski definition) is 1. The highest BCUT2D eigenvalue weighted by atomic mass is 16.4. The van der Waals surface area contributed by atoms with Crippen molar-refractivity contribution in [2.24, 2.45) is 5.92 Å². The number of carbonyl (C=O) groups excluding carboxylic acids is 1. The second-order valence-electron chi connectivity index (χ2n) is 7.42. The Hall–Kier alpha value is -2.44. The van der Waals surface area contributed by atoms with Crippen molar-refractivity contribution in [2.75, 3.05) is 13.1 Å². The van der Waals surface area contributed by atoms with Crippen molar-refractivity contribution in [2.45, 2.75) is 52.5 Å². The van der Waals surface area contributed by atoms with Gasteiger partial charge in [0.1, 0.15) is 0 Å². The molecular formula is C19H26N4O3. The van der Waals surface area contributed by atoms with Crippen LogP contribution in [0.1, 0.15) is 61.6 Å². The molecule has 1 aliphatic rings. The van der Waals surface area contributed by atoms with E-state index in [1.807, 2.05) is 36.4 Å². The number of aromatic nitrogens is 3. The van der Waals surface area contributed by atoms with E-state index in [4.69, 9.17) is 5.11 Å². The number of pyridine rings is 1. The number of hydrogen-bond acceptors (Lipinski definition) is 4. The number of carboxylic acid groups (broad SMARTS) is 1. The standard InChI is InChI=1S/C19H26N4O3/c1-12(2)23-18-16(10-20-23)15(9-13(3)21-18)19(26)22-8-4-5-14(11-22)6-7-17(24)25/h9-10,12,14H,4-8,11H2,1-3H3,(H,24,25). The van der Waals surface area contributed by atoms with Gasteiger partial charge in [0.25, 0.3) is 5.91 Å². The average Bonchev–Trinajstić information content (AvgIpc) is 3.02. The van der Waals surface area contributed by atoms with Crippen LogP contribution in [0.15, 0.2) is 12.3 Å². The van der Waals surface area contributed by atoms with Gasteiger partial charge in [-0.3, -0.25) is 9.59 Å². The maximum atomic E-state index is 13.2. The lowest BCUT2D eigenvalue weighted by Gasteiger charge is -2.33. The number of carbonyl (C=O) groups is 2. The molecule has 0 saturated carbocycles. The van der Waals surface area contributed by atoms with Gasteiger partial charge in [0.15, 0.2) is 5.65 Å². The molecule has 1 atom stereocenters. The third-order valence-corrected chi connectivity index (χ3v) is 4.99. The summed E-state index contributed by atoms with van der Waals surface area (Å²) in [6.07, 6.45) is 4.39. The number of carboxylic acids is 1. The summed E-state index contributed by atoms with van der Waals surface area (Å²) in [6.45, 7) is 7.29. The van der Waals surface area contributed by atoms with Gasteiger partial charge in [0.2, 0.25) is 0 Å². The highest BCUT2D eigenvalue weighted by molar-refractivity contribution is 6.05. The lowest BCUT2D eigenvalue weighted by molar-refractivity contribution is -0.137. The fraction of sp³-hybridized carbons (Fsp3) is 0.579. The monoisotopic (exact) mass is 358 g/mol. The number of rotatable bonds is 5. The number of likely N-dealkylation sites (tertiary alicyclic amines) is 1. The molecule has 7 nitrogen and oxygen atoms in total. The van der Waals surface area contributed by atoms with Crippen LogP contribution in [0.25, 0.3) is 11.0 Å². The lowest BCUT2D eigenvalue weighted by Crippen LogP contribution is -2.40. The van der Waals surface area contributed by atoms with Crippen LogP contribution >= 0.6 is 0 Å². The number of piperidine rings is 1. The number of fused-ring (bicyclic) bond motifs is 1. The van der Waals surface area contributed by atoms with Crippen LogP contribution in [0.3, 0.4) is 0 Å². The zero-order chi connectivity index (χ0) is 18.8. The Morgan fingerprint density at radius 1 is 1.38 bits per heavy atom. The molecule has 1 N–H and O–H groups in total. The van der Waals surface area contributed by atoms with Crippen molar-refractivity contribution in [3.63, 3.8) is 0 Å². The highest BCUT2D eigenvalue weighted by Crippen LogP contribution is 2.26. The largest absolute Gasteiger partial charge is 0.481 e. The molecule has 0 aromatic carbocycles. The predicted molar refractivity (Wildman–Crippen MR) is 98.1 cm³/mol. The molecule has 0 aliphatic carbocycles. The normalized spacial score (nSPS) is 17.8. The first-order chi connectivity index (χ1) is 12.4. The second kappa shape index (κ2) is 7.43. The van der Waals surface area contributed by atoms with Crippen LogP contribution in [0.2, 0.25) is 0 Å². The molecule has 3 heterocycles. The molecule has 0 spiro atoms. The minimum atomic E-state index is -0.777. The summed E-state index contributed by atoms with van der Waals surface area (Å²) in [5, 5.41) is 14.1. The van der Waals surface area contributed by atoms with Crippen molar-refractivity contribution >= 4 is 22.9 Å². The lowest BCUT2D eigenvalue weighted by atomic mass is 9.93. The van der Waals surface area contributed by atoms with Gasteiger partial charge in [0.05, 0.1) is 17.1 Å². The Bertz CT molecular complexity index is 828. The van der Waals surface area contributed by atoms with E-state index >= 15 is 0 Å². The van der Waals surface area contributed by atoms with Gasteiger partial charge in [-0.05, 0) is 52.0 Å². The summed E-state index contributed by atoms with van der Waals surface area (Å²) < 4.78 is 1.84. The van der Waals surface area contributed by atoms with E-state index in [2.05, 4.69) is 10.1 Å². The van der Waals surface area contributed by atoms with Crippen LogP contribution in [-0.4, -0.2) is 49.7 Å². The summed E-state index contributed by atoms with van der Waals surface area (Å²) in [7, 11) is 0. The van der Waals surface area contributed by atoms with Crippen molar-refractivity contribution in [3.05, 3.63) is 23.5 Å². The molecule has 2 aromatic rings. The van der Waals surface area contributed by atoms with Crippen molar-refractivity contribution in [1.82, 2.24) is 19.7 Å².